The van der Waals surface area contributed by atoms with Crippen molar-refractivity contribution in [3.63, 3.8) is 0 Å². The molecule has 1 aromatic heterocycles. The van der Waals surface area contributed by atoms with E-state index >= 15 is 0 Å². The maximum atomic E-state index is 12.9. The quantitative estimate of drug-likeness (QED) is 0.915. The predicted octanol–water partition coefficient (Wildman–Crippen LogP) is 2.78. The first-order valence-corrected chi connectivity index (χ1v) is 5.66. The number of aryl methyl sites for hydroxylation is 1. The molecule has 0 spiro atoms. The van der Waals surface area contributed by atoms with Crippen LogP contribution in [-0.2, 0) is 6.54 Å². The molecule has 0 amide bonds. The van der Waals surface area contributed by atoms with Crippen LogP contribution in [-0.4, -0.2) is 14.9 Å². The van der Waals surface area contributed by atoms with Crippen molar-refractivity contribution in [2.45, 2.75) is 19.6 Å². The van der Waals surface area contributed by atoms with E-state index < -0.39 is 11.9 Å². The molecule has 0 bridgehead atoms. The van der Waals surface area contributed by atoms with Crippen molar-refractivity contribution in [1.29, 1.82) is 0 Å². The van der Waals surface area contributed by atoms with Gasteiger partial charge in [-0.05, 0) is 25.1 Å². The van der Waals surface area contributed by atoms with Crippen LogP contribution in [0.2, 0.25) is 5.02 Å². The number of aliphatic hydroxyl groups excluding tert-OH is 1. The minimum absolute atomic E-state index is 0.210. The van der Waals surface area contributed by atoms with Gasteiger partial charge >= 0.3 is 0 Å². The lowest BCUT2D eigenvalue weighted by Crippen LogP contribution is -2.09. The molecule has 1 unspecified atom stereocenters. The fourth-order valence-electron chi connectivity index (χ4n) is 1.72. The average Bonchev–Trinajstić information content (AvgIpc) is 2.76. The smallest absolute Gasteiger partial charge is 0.124 e. The maximum absolute atomic E-state index is 12.9. The summed E-state index contributed by atoms with van der Waals surface area (Å²) in [5, 5.41) is 14.5. The molecule has 1 N–H and O–H groups in total. The van der Waals surface area contributed by atoms with Gasteiger partial charge < -0.3 is 5.11 Å². The van der Waals surface area contributed by atoms with Crippen LogP contribution in [0.15, 0.2) is 30.5 Å². The number of rotatable bonds is 3. The largest absolute Gasteiger partial charge is 0.382 e. The zero-order chi connectivity index (χ0) is 12.4. The molecule has 1 heterocycles. The van der Waals surface area contributed by atoms with Crippen LogP contribution >= 0.6 is 11.6 Å². The minimum Gasteiger partial charge on any atom is -0.382 e. The van der Waals surface area contributed by atoms with Gasteiger partial charge in [0.25, 0.3) is 0 Å². The van der Waals surface area contributed by atoms with Gasteiger partial charge in [0, 0.05) is 23.3 Å². The van der Waals surface area contributed by atoms with Gasteiger partial charge in [-0.3, -0.25) is 4.68 Å². The third kappa shape index (κ3) is 2.33. The highest BCUT2D eigenvalue weighted by molar-refractivity contribution is 6.31. The summed E-state index contributed by atoms with van der Waals surface area (Å²) in [4.78, 5) is 0. The molecule has 17 heavy (non-hydrogen) atoms. The van der Waals surface area contributed by atoms with Crippen LogP contribution in [0.4, 0.5) is 4.39 Å². The average molecular weight is 255 g/mol. The van der Waals surface area contributed by atoms with Crippen molar-refractivity contribution in [3.8, 4) is 0 Å². The monoisotopic (exact) mass is 254 g/mol. The Kier molecular flexibility index (Phi) is 3.45. The van der Waals surface area contributed by atoms with Crippen LogP contribution in [0.3, 0.4) is 0 Å². The van der Waals surface area contributed by atoms with E-state index in [1.807, 2.05) is 6.92 Å². The van der Waals surface area contributed by atoms with Crippen molar-refractivity contribution in [3.05, 3.63) is 52.6 Å². The lowest BCUT2D eigenvalue weighted by Gasteiger charge is -2.14. The van der Waals surface area contributed by atoms with Gasteiger partial charge in [0.15, 0.2) is 0 Å². The number of aromatic nitrogens is 2. The maximum Gasteiger partial charge on any atom is 0.124 e. The van der Waals surface area contributed by atoms with E-state index in [0.29, 0.717) is 17.8 Å². The molecular formula is C12H12ClFN2O. The molecule has 0 fully saturated rings. The third-order valence-electron chi connectivity index (χ3n) is 2.59. The van der Waals surface area contributed by atoms with Gasteiger partial charge in [0.05, 0.1) is 5.69 Å². The van der Waals surface area contributed by atoms with Crippen LogP contribution in [0, 0.1) is 5.82 Å². The number of hydrogen-bond acceptors (Lipinski definition) is 2. The van der Waals surface area contributed by atoms with Crippen molar-refractivity contribution in [2.24, 2.45) is 0 Å². The molecule has 0 aliphatic heterocycles. The summed E-state index contributed by atoms with van der Waals surface area (Å²) >= 11 is 5.91. The van der Waals surface area contributed by atoms with Gasteiger partial charge in [0.2, 0.25) is 0 Å². The molecule has 90 valence electrons. The molecule has 5 heteroatoms. The van der Waals surface area contributed by atoms with Crippen LogP contribution in [0.25, 0.3) is 0 Å². The second kappa shape index (κ2) is 4.85. The highest BCUT2D eigenvalue weighted by Crippen LogP contribution is 2.28. The molecule has 1 atom stereocenters. The number of aliphatic hydroxyl groups is 1. The van der Waals surface area contributed by atoms with Gasteiger partial charge in [-0.25, -0.2) is 4.39 Å². The van der Waals surface area contributed by atoms with E-state index in [0.717, 1.165) is 0 Å². The molecular weight excluding hydrogens is 243 g/mol. The van der Waals surface area contributed by atoms with E-state index in [4.69, 9.17) is 11.6 Å². The lowest BCUT2D eigenvalue weighted by atomic mass is 10.1. The van der Waals surface area contributed by atoms with Crippen LogP contribution in [0.1, 0.15) is 24.3 Å². The molecule has 0 saturated heterocycles. The second-order valence-electron chi connectivity index (χ2n) is 3.64. The zero-order valence-corrected chi connectivity index (χ0v) is 10.0. The van der Waals surface area contributed by atoms with Gasteiger partial charge in [0.1, 0.15) is 11.9 Å². The number of nitrogens with zero attached hydrogens (tertiary/aromatic N) is 2. The Bertz CT molecular complexity index is 527. The third-order valence-corrected chi connectivity index (χ3v) is 2.91. The molecule has 1 aromatic carbocycles. The first kappa shape index (κ1) is 12.1. The first-order chi connectivity index (χ1) is 8.13. The van der Waals surface area contributed by atoms with Crippen LogP contribution < -0.4 is 0 Å². The summed E-state index contributed by atoms with van der Waals surface area (Å²) in [6.07, 6.45) is 0.713. The normalized spacial score (nSPS) is 12.7. The Balaban J connectivity index is 2.40. The molecule has 2 rings (SSSR count). The number of hydrogen-bond donors (Lipinski definition) is 1. The summed E-state index contributed by atoms with van der Waals surface area (Å²) in [5.41, 5.74) is 1.12. The van der Waals surface area contributed by atoms with Crippen molar-refractivity contribution >= 4 is 11.6 Å². The highest BCUT2D eigenvalue weighted by atomic mass is 35.5. The molecule has 0 saturated carbocycles. The minimum atomic E-state index is -0.898. The standard InChI is InChI=1S/C12H12ClFN2O/c1-2-16-11(5-6-15-16)12(17)9-4-3-8(14)7-10(9)13/h3-7,12,17H,2H2,1H3. The van der Waals surface area contributed by atoms with E-state index in [1.165, 1.54) is 18.2 Å². The first-order valence-electron chi connectivity index (χ1n) is 5.28. The fourth-order valence-corrected chi connectivity index (χ4v) is 1.99. The summed E-state index contributed by atoms with van der Waals surface area (Å²) in [7, 11) is 0. The highest BCUT2D eigenvalue weighted by Gasteiger charge is 2.17. The van der Waals surface area contributed by atoms with Crippen LogP contribution in [0.5, 0.6) is 0 Å². The molecule has 0 aliphatic rings. The van der Waals surface area contributed by atoms with Crippen molar-refractivity contribution < 1.29 is 9.50 Å². The van der Waals surface area contributed by atoms with Crippen molar-refractivity contribution in [2.75, 3.05) is 0 Å². The predicted molar refractivity (Wildman–Crippen MR) is 63.4 cm³/mol. The fraction of sp³-hybridized carbons (Fsp3) is 0.250. The van der Waals surface area contributed by atoms with E-state index in [1.54, 1.807) is 16.9 Å². The molecule has 0 aliphatic carbocycles. The molecule has 3 nitrogen and oxygen atoms in total. The van der Waals surface area contributed by atoms with Gasteiger partial charge in [-0.1, -0.05) is 17.7 Å². The Labute approximate surface area is 103 Å². The Morgan fingerprint density at radius 2 is 2.24 bits per heavy atom. The van der Waals surface area contributed by atoms with Gasteiger partial charge in [-0.15, -0.1) is 0 Å². The Morgan fingerprint density at radius 1 is 1.47 bits per heavy atom. The topological polar surface area (TPSA) is 38.0 Å². The Morgan fingerprint density at radius 3 is 2.88 bits per heavy atom. The Hall–Kier alpha value is -1.39. The van der Waals surface area contributed by atoms with Crippen molar-refractivity contribution in [1.82, 2.24) is 9.78 Å². The van der Waals surface area contributed by atoms with E-state index in [9.17, 15) is 9.50 Å². The summed E-state index contributed by atoms with van der Waals surface area (Å²) in [6, 6.07) is 5.66. The zero-order valence-electron chi connectivity index (χ0n) is 9.27. The molecule has 2 aromatic rings. The van der Waals surface area contributed by atoms with Gasteiger partial charge in [-0.2, -0.15) is 5.10 Å². The molecule has 0 radical (unpaired) electrons. The number of benzene rings is 1. The SMILES string of the molecule is CCn1nccc1C(O)c1ccc(F)cc1Cl. The summed E-state index contributed by atoms with van der Waals surface area (Å²) < 4.78 is 14.6. The second-order valence-corrected chi connectivity index (χ2v) is 4.05. The lowest BCUT2D eigenvalue weighted by molar-refractivity contribution is 0.208. The summed E-state index contributed by atoms with van der Waals surface area (Å²) in [6.45, 7) is 2.58. The number of halogens is 2. The van der Waals surface area contributed by atoms with E-state index in [2.05, 4.69) is 5.10 Å². The summed E-state index contributed by atoms with van der Waals surface area (Å²) in [5.74, 6) is -0.421. The van der Waals surface area contributed by atoms with E-state index in [-0.39, 0.29) is 5.02 Å².